The number of amides is 1. The minimum absolute atomic E-state index is 0.137. The van der Waals surface area contributed by atoms with Crippen LogP contribution >= 0.6 is 23.2 Å². The predicted molar refractivity (Wildman–Crippen MR) is 96.1 cm³/mol. The molecule has 1 aromatic carbocycles. The number of pyridine rings is 1. The van der Waals surface area contributed by atoms with Crippen molar-refractivity contribution in [1.82, 2.24) is 9.88 Å². The van der Waals surface area contributed by atoms with Crippen molar-refractivity contribution in [3.05, 3.63) is 92.2 Å². The van der Waals surface area contributed by atoms with Crippen LogP contribution in [0, 0.1) is 0 Å². The van der Waals surface area contributed by atoms with Crippen LogP contribution in [0.4, 0.5) is 0 Å². The van der Waals surface area contributed by atoms with Crippen LogP contribution in [0.25, 0.3) is 0 Å². The summed E-state index contributed by atoms with van der Waals surface area (Å²) < 4.78 is 7.01. The van der Waals surface area contributed by atoms with Crippen LogP contribution in [0.2, 0.25) is 10.0 Å². The maximum Gasteiger partial charge on any atom is 0.287 e. The number of halogens is 2. The number of benzene rings is 1. The van der Waals surface area contributed by atoms with E-state index in [1.807, 2.05) is 0 Å². The molecule has 2 aromatic heterocycles. The minimum Gasteiger partial charge on any atom is -0.454 e. The first kappa shape index (κ1) is 17.3. The maximum absolute atomic E-state index is 12.2. The number of nitrogens with zero attached hydrogens (tertiary/aromatic N) is 1. The Kier molecular flexibility index (Phi) is 5.26. The number of nitrogens with one attached hydrogen (secondary N) is 1. The van der Waals surface area contributed by atoms with Gasteiger partial charge in [-0.2, -0.15) is 0 Å². The van der Waals surface area contributed by atoms with Crippen LogP contribution in [0.5, 0.6) is 0 Å². The second-order valence-electron chi connectivity index (χ2n) is 5.35. The summed E-state index contributed by atoms with van der Waals surface area (Å²) in [6.07, 6.45) is 1.66. The summed E-state index contributed by atoms with van der Waals surface area (Å²) in [6, 6.07) is 13.2. The Bertz CT molecular complexity index is 963. The molecule has 128 valence electrons. The van der Waals surface area contributed by atoms with E-state index in [0.717, 1.165) is 5.56 Å². The van der Waals surface area contributed by atoms with E-state index in [-0.39, 0.29) is 30.3 Å². The molecule has 0 unspecified atom stereocenters. The van der Waals surface area contributed by atoms with Crippen LogP contribution in [0.1, 0.15) is 21.9 Å². The average Bonchev–Trinajstić information content (AvgIpc) is 3.05. The van der Waals surface area contributed by atoms with Crippen LogP contribution in [-0.4, -0.2) is 10.5 Å². The van der Waals surface area contributed by atoms with Crippen molar-refractivity contribution >= 4 is 29.1 Å². The van der Waals surface area contributed by atoms with E-state index in [2.05, 4.69) is 5.32 Å². The second-order valence-corrected chi connectivity index (χ2v) is 6.19. The van der Waals surface area contributed by atoms with Crippen molar-refractivity contribution in [3.63, 3.8) is 0 Å². The molecule has 1 amide bonds. The van der Waals surface area contributed by atoms with E-state index in [1.165, 1.54) is 10.6 Å². The van der Waals surface area contributed by atoms with Gasteiger partial charge in [-0.05, 0) is 35.9 Å². The minimum atomic E-state index is -0.363. The molecule has 7 heteroatoms. The summed E-state index contributed by atoms with van der Waals surface area (Å²) in [5.41, 5.74) is 0.615. The number of rotatable bonds is 5. The Hall–Kier alpha value is -2.50. The van der Waals surface area contributed by atoms with Crippen LogP contribution in [0.15, 0.2) is 63.9 Å². The fraction of sp³-hybridized carbons (Fsp3) is 0.111. The van der Waals surface area contributed by atoms with Crippen molar-refractivity contribution in [1.29, 1.82) is 0 Å². The second kappa shape index (κ2) is 7.59. The highest BCUT2D eigenvalue weighted by molar-refractivity contribution is 6.35. The van der Waals surface area contributed by atoms with Gasteiger partial charge in [0.2, 0.25) is 0 Å². The molecule has 0 saturated heterocycles. The smallest absolute Gasteiger partial charge is 0.287 e. The monoisotopic (exact) mass is 376 g/mol. The third-order valence-corrected chi connectivity index (χ3v) is 4.15. The van der Waals surface area contributed by atoms with Gasteiger partial charge >= 0.3 is 0 Å². The Labute approximate surface area is 153 Å². The van der Waals surface area contributed by atoms with Gasteiger partial charge in [-0.15, -0.1) is 0 Å². The summed E-state index contributed by atoms with van der Waals surface area (Å²) in [5, 5.41) is 3.75. The average molecular weight is 377 g/mol. The quantitative estimate of drug-likeness (QED) is 0.737. The van der Waals surface area contributed by atoms with E-state index in [0.29, 0.717) is 15.8 Å². The third-order valence-electron chi connectivity index (χ3n) is 3.57. The van der Waals surface area contributed by atoms with E-state index in [1.54, 1.807) is 48.7 Å². The SMILES string of the molecule is O=C(NCc1ccc(Cl)cc1Cl)c1ccc(Cn2ccccc2=O)o1. The molecule has 0 fully saturated rings. The largest absolute Gasteiger partial charge is 0.454 e. The number of hydrogen-bond acceptors (Lipinski definition) is 3. The zero-order valence-corrected chi connectivity index (χ0v) is 14.6. The maximum atomic E-state index is 12.2. The van der Waals surface area contributed by atoms with Gasteiger partial charge in [-0.25, -0.2) is 0 Å². The molecule has 0 spiro atoms. The summed E-state index contributed by atoms with van der Waals surface area (Å²) in [4.78, 5) is 23.9. The van der Waals surface area contributed by atoms with E-state index in [4.69, 9.17) is 27.6 Å². The molecule has 3 aromatic rings. The fourth-order valence-electron chi connectivity index (χ4n) is 2.27. The van der Waals surface area contributed by atoms with E-state index < -0.39 is 0 Å². The van der Waals surface area contributed by atoms with Gasteiger partial charge in [0.05, 0.1) is 6.54 Å². The molecule has 0 aliphatic rings. The molecule has 0 aliphatic carbocycles. The van der Waals surface area contributed by atoms with E-state index >= 15 is 0 Å². The Morgan fingerprint density at radius 1 is 1.12 bits per heavy atom. The van der Waals surface area contributed by atoms with Crippen molar-refractivity contribution in [2.75, 3.05) is 0 Å². The van der Waals surface area contributed by atoms with Crippen molar-refractivity contribution in [2.24, 2.45) is 0 Å². The third kappa shape index (κ3) is 4.32. The highest BCUT2D eigenvalue weighted by Crippen LogP contribution is 2.21. The molecule has 25 heavy (non-hydrogen) atoms. The standard InChI is InChI=1S/C18H14Cl2N2O3/c19-13-5-4-12(15(20)9-13)10-21-18(24)16-7-6-14(25-16)11-22-8-2-1-3-17(22)23/h1-9H,10-11H2,(H,21,24). The summed E-state index contributed by atoms with van der Waals surface area (Å²) in [7, 11) is 0. The summed E-state index contributed by atoms with van der Waals surface area (Å²) in [6.45, 7) is 0.513. The zero-order chi connectivity index (χ0) is 17.8. The molecule has 0 radical (unpaired) electrons. The molecule has 0 bridgehead atoms. The highest BCUT2D eigenvalue weighted by Gasteiger charge is 2.12. The van der Waals surface area contributed by atoms with Crippen molar-refractivity contribution in [3.8, 4) is 0 Å². The van der Waals surface area contributed by atoms with Gasteiger partial charge in [0.1, 0.15) is 5.76 Å². The lowest BCUT2D eigenvalue weighted by molar-refractivity contribution is 0.0921. The first-order valence-corrected chi connectivity index (χ1v) is 8.25. The number of aromatic nitrogens is 1. The molecule has 0 saturated carbocycles. The number of hydrogen-bond donors (Lipinski definition) is 1. The molecular weight excluding hydrogens is 363 g/mol. The van der Waals surface area contributed by atoms with Gasteiger partial charge in [0, 0.05) is 28.9 Å². The lowest BCUT2D eigenvalue weighted by Gasteiger charge is -2.06. The van der Waals surface area contributed by atoms with Crippen LogP contribution in [0.3, 0.4) is 0 Å². The Morgan fingerprint density at radius 2 is 1.96 bits per heavy atom. The number of carbonyl (C=O) groups is 1. The molecular formula is C18H14Cl2N2O3. The van der Waals surface area contributed by atoms with Gasteiger partial charge in [-0.1, -0.05) is 35.3 Å². The molecule has 1 N–H and O–H groups in total. The van der Waals surface area contributed by atoms with Crippen molar-refractivity contribution in [2.45, 2.75) is 13.1 Å². The summed E-state index contributed by atoms with van der Waals surface area (Å²) in [5.74, 6) is 0.324. The topological polar surface area (TPSA) is 64.2 Å². The lowest BCUT2D eigenvalue weighted by atomic mass is 10.2. The number of furan rings is 1. The van der Waals surface area contributed by atoms with Gasteiger partial charge < -0.3 is 14.3 Å². The summed E-state index contributed by atoms with van der Waals surface area (Å²) >= 11 is 11.9. The highest BCUT2D eigenvalue weighted by atomic mass is 35.5. The first-order chi connectivity index (χ1) is 12.0. The van der Waals surface area contributed by atoms with Gasteiger partial charge in [-0.3, -0.25) is 9.59 Å². The molecule has 0 atom stereocenters. The Balaban J connectivity index is 1.64. The van der Waals surface area contributed by atoms with Gasteiger partial charge in [0.25, 0.3) is 11.5 Å². The van der Waals surface area contributed by atoms with Crippen molar-refractivity contribution < 1.29 is 9.21 Å². The van der Waals surface area contributed by atoms with Crippen LogP contribution < -0.4 is 10.9 Å². The molecule has 2 heterocycles. The Morgan fingerprint density at radius 3 is 2.72 bits per heavy atom. The van der Waals surface area contributed by atoms with E-state index in [9.17, 15) is 9.59 Å². The predicted octanol–water partition coefficient (Wildman–Crippen LogP) is 3.73. The van der Waals surface area contributed by atoms with Crippen LogP contribution in [-0.2, 0) is 13.1 Å². The van der Waals surface area contributed by atoms with Gasteiger partial charge in [0.15, 0.2) is 5.76 Å². The molecule has 3 rings (SSSR count). The molecule has 0 aliphatic heterocycles. The molecule has 5 nitrogen and oxygen atoms in total. The normalized spacial score (nSPS) is 10.6. The first-order valence-electron chi connectivity index (χ1n) is 7.49. The zero-order valence-electron chi connectivity index (χ0n) is 13.0. The lowest BCUT2D eigenvalue weighted by Crippen LogP contribution is -2.22. The fourth-order valence-corrected chi connectivity index (χ4v) is 2.75. The number of carbonyl (C=O) groups excluding carboxylic acids is 1.